The van der Waals surface area contributed by atoms with Crippen molar-refractivity contribution >= 4 is 5.82 Å². The fraction of sp³-hybridized carbons (Fsp3) is 0.421. The molecule has 0 unspecified atom stereocenters. The van der Waals surface area contributed by atoms with Gasteiger partial charge in [0.25, 0.3) is 0 Å². The molecule has 1 aromatic heterocycles. The molecule has 3 heterocycles. The highest BCUT2D eigenvalue weighted by atomic mass is 16.5. The maximum atomic E-state index is 5.93. The van der Waals surface area contributed by atoms with Gasteiger partial charge in [0.05, 0.1) is 25.3 Å². The summed E-state index contributed by atoms with van der Waals surface area (Å²) in [6.45, 7) is 6.73. The van der Waals surface area contributed by atoms with Gasteiger partial charge in [0.1, 0.15) is 5.82 Å². The number of rotatable bonds is 2. The van der Waals surface area contributed by atoms with Gasteiger partial charge in [-0.25, -0.2) is 4.98 Å². The quantitative estimate of drug-likeness (QED) is 0.853. The van der Waals surface area contributed by atoms with E-state index in [2.05, 4.69) is 70.2 Å². The highest BCUT2D eigenvalue weighted by Gasteiger charge is 2.36. The first-order valence-corrected chi connectivity index (χ1v) is 8.38. The predicted molar refractivity (Wildman–Crippen MR) is 91.7 cm³/mol. The monoisotopic (exact) mass is 309 g/mol. The number of hydrogen-bond donors (Lipinski definition) is 0. The van der Waals surface area contributed by atoms with Gasteiger partial charge in [0, 0.05) is 25.3 Å². The van der Waals surface area contributed by atoms with Crippen molar-refractivity contribution in [2.24, 2.45) is 0 Å². The molecule has 0 radical (unpaired) electrons. The zero-order chi connectivity index (χ0) is 15.6. The van der Waals surface area contributed by atoms with Crippen molar-refractivity contribution in [1.82, 2.24) is 9.88 Å². The minimum Gasteiger partial charge on any atom is -0.378 e. The zero-order valence-electron chi connectivity index (χ0n) is 13.6. The van der Waals surface area contributed by atoms with Crippen LogP contribution >= 0.6 is 0 Å². The van der Waals surface area contributed by atoms with E-state index >= 15 is 0 Å². The first-order valence-electron chi connectivity index (χ1n) is 8.38. The molecule has 0 spiro atoms. The van der Waals surface area contributed by atoms with Crippen molar-refractivity contribution in [2.75, 3.05) is 37.7 Å². The number of hydrogen-bond acceptors (Lipinski definition) is 4. The first kappa shape index (κ1) is 14.7. The Hall–Kier alpha value is -1.91. The number of morpholine rings is 1. The van der Waals surface area contributed by atoms with Crippen molar-refractivity contribution < 1.29 is 4.74 Å². The van der Waals surface area contributed by atoms with Crippen molar-refractivity contribution in [1.29, 1.82) is 0 Å². The van der Waals surface area contributed by atoms with Crippen molar-refractivity contribution in [3.63, 3.8) is 0 Å². The van der Waals surface area contributed by atoms with Gasteiger partial charge in [-0.05, 0) is 24.6 Å². The summed E-state index contributed by atoms with van der Waals surface area (Å²) in [5, 5.41) is 0. The molecule has 23 heavy (non-hydrogen) atoms. The van der Waals surface area contributed by atoms with Crippen LogP contribution in [0.25, 0.3) is 0 Å². The second-order valence-corrected chi connectivity index (χ2v) is 6.44. The molecule has 2 aromatic rings. The van der Waals surface area contributed by atoms with E-state index in [-0.39, 0.29) is 0 Å². The molecule has 0 saturated carbocycles. The summed E-state index contributed by atoms with van der Waals surface area (Å²) in [6.07, 6.45) is 0. The van der Waals surface area contributed by atoms with Crippen LogP contribution in [0, 0.1) is 6.92 Å². The van der Waals surface area contributed by atoms with Gasteiger partial charge in [-0.15, -0.1) is 0 Å². The van der Waals surface area contributed by atoms with Crippen LogP contribution in [0.15, 0.2) is 48.5 Å². The number of nitrogens with zero attached hydrogens (tertiary/aromatic N) is 3. The summed E-state index contributed by atoms with van der Waals surface area (Å²) in [4.78, 5) is 9.69. The van der Waals surface area contributed by atoms with Crippen LogP contribution in [0.2, 0.25) is 0 Å². The number of aromatic nitrogens is 1. The van der Waals surface area contributed by atoms with Crippen molar-refractivity contribution in [2.45, 2.75) is 19.0 Å². The number of pyridine rings is 1. The second kappa shape index (κ2) is 6.30. The number of piperazine rings is 1. The van der Waals surface area contributed by atoms with E-state index in [9.17, 15) is 0 Å². The van der Waals surface area contributed by atoms with Crippen molar-refractivity contribution in [3.8, 4) is 0 Å². The fourth-order valence-electron chi connectivity index (χ4n) is 3.72. The predicted octanol–water partition coefficient (Wildman–Crippen LogP) is 2.65. The lowest BCUT2D eigenvalue weighted by Crippen LogP contribution is -2.59. The van der Waals surface area contributed by atoms with E-state index < -0.39 is 0 Å². The Morgan fingerprint density at radius 1 is 1.00 bits per heavy atom. The van der Waals surface area contributed by atoms with Crippen LogP contribution < -0.4 is 4.90 Å². The van der Waals surface area contributed by atoms with Gasteiger partial charge in [-0.1, -0.05) is 36.4 Å². The second-order valence-electron chi connectivity index (χ2n) is 6.44. The normalized spacial score (nSPS) is 25.2. The van der Waals surface area contributed by atoms with Crippen LogP contribution in [0.3, 0.4) is 0 Å². The molecule has 2 fully saturated rings. The summed E-state index contributed by atoms with van der Waals surface area (Å²) in [5.41, 5.74) is 2.44. The molecule has 0 N–H and O–H groups in total. The summed E-state index contributed by atoms with van der Waals surface area (Å²) in [6, 6.07) is 17.8. The van der Waals surface area contributed by atoms with Crippen LogP contribution in [-0.4, -0.2) is 48.8 Å². The largest absolute Gasteiger partial charge is 0.378 e. The van der Waals surface area contributed by atoms with Gasteiger partial charge in [-0.3, -0.25) is 4.90 Å². The molecular weight excluding hydrogens is 286 g/mol. The molecule has 2 atom stereocenters. The molecule has 2 saturated heterocycles. The van der Waals surface area contributed by atoms with E-state index in [1.807, 2.05) is 0 Å². The Kier molecular flexibility index (Phi) is 4.02. The number of anilines is 1. The molecule has 4 rings (SSSR count). The molecule has 0 amide bonds. The maximum absolute atomic E-state index is 5.93. The van der Waals surface area contributed by atoms with Crippen LogP contribution in [0.4, 0.5) is 5.82 Å². The SMILES string of the molecule is Cc1cccc(N2CCN3[C@@H](COC[C@@H]3c3ccccc3)C2)n1. The Morgan fingerprint density at radius 2 is 1.87 bits per heavy atom. The van der Waals surface area contributed by atoms with Crippen LogP contribution in [0.5, 0.6) is 0 Å². The Balaban J connectivity index is 1.52. The van der Waals surface area contributed by atoms with E-state index in [0.717, 1.165) is 44.4 Å². The lowest BCUT2D eigenvalue weighted by atomic mass is 10.00. The first-order chi connectivity index (χ1) is 11.3. The molecule has 4 heteroatoms. The van der Waals surface area contributed by atoms with Crippen LogP contribution in [-0.2, 0) is 4.74 Å². The standard InChI is InChI=1S/C19H23N3O/c1-15-6-5-9-19(20-15)21-10-11-22-17(12-21)13-23-14-18(22)16-7-3-2-4-8-16/h2-9,17-18H,10-14H2,1H3/t17-,18-/m1/s1. The van der Waals surface area contributed by atoms with E-state index in [1.54, 1.807) is 0 Å². The minimum absolute atomic E-state index is 0.377. The van der Waals surface area contributed by atoms with E-state index in [0.29, 0.717) is 12.1 Å². The summed E-state index contributed by atoms with van der Waals surface area (Å²) in [5.74, 6) is 1.09. The third kappa shape index (κ3) is 2.96. The Bertz CT molecular complexity index is 661. The van der Waals surface area contributed by atoms with Gasteiger partial charge >= 0.3 is 0 Å². The minimum atomic E-state index is 0.377. The Morgan fingerprint density at radius 3 is 2.70 bits per heavy atom. The highest BCUT2D eigenvalue weighted by molar-refractivity contribution is 5.40. The van der Waals surface area contributed by atoms with E-state index in [1.165, 1.54) is 5.56 Å². The highest BCUT2D eigenvalue weighted by Crippen LogP contribution is 2.30. The average molecular weight is 309 g/mol. The zero-order valence-corrected chi connectivity index (χ0v) is 13.6. The lowest BCUT2D eigenvalue weighted by molar-refractivity contribution is -0.0548. The number of fused-ring (bicyclic) bond motifs is 1. The van der Waals surface area contributed by atoms with Gasteiger partial charge in [0.15, 0.2) is 0 Å². The smallest absolute Gasteiger partial charge is 0.128 e. The van der Waals surface area contributed by atoms with E-state index in [4.69, 9.17) is 4.74 Å². The van der Waals surface area contributed by atoms with Crippen molar-refractivity contribution in [3.05, 3.63) is 59.8 Å². The lowest BCUT2D eigenvalue weighted by Gasteiger charge is -2.48. The topological polar surface area (TPSA) is 28.6 Å². The molecule has 1 aromatic carbocycles. The van der Waals surface area contributed by atoms with Crippen LogP contribution in [0.1, 0.15) is 17.3 Å². The summed E-state index contributed by atoms with van der Waals surface area (Å²) in [7, 11) is 0. The third-order valence-electron chi connectivity index (χ3n) is 4.90. The van der Waals surface area contributed by atoms with Gasteiger partial charge < -0.3 is 9.64 Å². The molecule has 2 aliphatic heterocycles. The molecule has 120 valence electrons. The summed E-state index contributed by atoms with van der Waals surface area (Å²) < 4.78 is 5.93. The van der Waals surface area contributed by atoms with Gasteiger partial charge in [0.2, 0.25) is 0 Å². The molecular formula is C19H23N3O. The molecule has 2 aliphatic rings. The molecule has 0 bridgehead atoms. The fourth-order valence-corrected chi connectivity index (χ4v) is 3.72. The number of aryl methyl sites for hydroxylation is 1. The average Bonchev–Trinajstić information content (AvgIpc) is 2.61. The summed E-state index contributed by atoms with van der Waals surface area (Å²) >= 11 is 0. The maximum Gasteiger partial charge on any atom is 0.128 e. The molecule has 0 aliphatic carbocycles. The number of ether oxygens (including phenoxy) is 1. The molecule has 4 nitrogen and oxygen atoms in total. The Labute approximate surface area is 137 Å². The number of benzene rings is 1. The third-order valence-corrected chi connectivity index (χ3v) is 4.90. The van der Waals surface area contributed by atoms with Gasteiger partial charge in [-0.2, -0.15) is 0 Å².